The Labute approximate surface area is 90.3 Å². The molecule has 0 bridgehead atoms. The quantitative estimate of drug-likeness (QED) is 0.813. The smallest absolute Gasteiger partial charge is 0.0440 e. The molecule has 1 nitrogen and oxygen atoms in total. The van der Waals surface area contributed by atoms with Crippen LogP contribution in [0.2, 0.25) is 5.02 Å². The average molecular weight is 210 g/mol. The van der Waals surface area contributed by atoms with Crippen molar-refractivity contribution >= 4 is 11.6 Å². The molecule has 0 amide bonds. The van der Waals surface area contributed by atoms with E-state index in [1.165, 1.54) is 24.8 Å². The van der Waals surface area contributed by atoms with Crippen LogP contribution < -0.4 is 5.73 Å². The highest BCUT2D eigenvalue weighted by Crippen LogP contribution is 2.44. The predicted octanol–water partition coefficient (Wildman–Crippen LogP) is 3.18. The van der Waals surface area contributed by atoms with Gasteiger partial charge in [0.25, 0.3) is 0 Å². The molecule has 2 rings (SSSR count). The maximum atomic E-state index is 6.13. The molecule has 0 unspecified atom stereocenters. The van der Waals surface area contributed by atoms with Crippen LogP contribution in [0.15, 0.2) is 24.3 Å². The molecule has 0 spiro atoms. The summed E-state index contributed by atoms with van der Waals surface area (Å²) in [6.45, 7) is 0.819. The van der Waals surface area contributed by atoms with E-state index in [0.29, 0.717) is 5.92 Å². The first-order valence-electron chi connectivity index (χ1n) is 5.25. The molecule has 0 aromatic heterocycles. The highest BCUT2D eigenvalue weighted by Gasteiger charge is 2.30. The number of nitrogens with two attached hydrogens (primary N) is 1. The molecule has 14 heavy (non-hydrogen) atoms. The molecule has 0 saturated heterocycles. The van der Waals surface area contributed by atoms with Gasteiger partial charge in [-0.1, -0.05) is 29.8 Å². The van der Waals surface area contributed by atoms with Crippen LogP contribution in [0.5, 0.6) is 0 Å². The van der Waals surface area contributed by atoms with Crippen LogP contribution in [0.3, 0.4) is 0 Å². The van der Waals surface area contributed by atoms with Gasteiger partial charge in [0, 0.05) is 5.02 Å². The summed E-state index contributed by atoms with van der Waals surface area (Å²) in [6, 6.07) is 8.18. The van der Waals surface area contributed by atoms with Gasteiger partial charge in [-0.2, -0.15) is 0 Å². The van der Waals surface area contributed by atoms with Crippen LogP contribution in [0, 0.1) is 5.92 Å². The number of hydrogen-bond acceptors (Lipinski definition) is 1. The molecule has 76 valence electrons. The molecule has 2 heteroatoms. The van der Waals surface area contributed by atoms with Crippen molar-refractivity contribution in [3.05, 3.63) is 34.9 Å². The lowest BCUT2D eigenvalue weighted by Crippen LogP contribution is -2.24. The van der Waals surface area contributed by atoms with Gasteiger partial charge >= 0.3 is 0 Å². The van der Waals surface area contributed by atoms with Crippen molar-refractivity contribution in [2.45, 2.75) is 25.2 Å². The molecule has 0 aliphatic heterocycles. The average Bonchev–Trinajstić information content (AvgIpc) is 2.12. The Morgan fingerprint density at radius 2 is 2.00 bits per heavy atom. The van der Waals surface area contributed by atoms with Gasteiger partial charge in [0.1, 0.15) is 0 Å². The van der Waals surface area contributed by atoms with Gasteiger partial charge < -0.3 is 5.73 Å². The topological polar surface area (TPSA) is 26.0 Å². The minimum absolute atomic E-state index is 0.681. The monoisotopic (exact) mass is 209 g/mol. The first kappa shape index (κ1) is 10.0. The van der Waals surface area contributed by atoms with Crippen LogP contribution in [0.1, 0.15) is 30.7 Å². The van der Waals surface area contributed by atoms with E-state index < -0.39 is 0 Å². The van der Waals surface area contributed by atoms with Gasteiger partial charge in [-0.15, -0.1) is 0 Å². The number of benzene rings is 1. The molecule has 1 aliphatic rings. The molecule has 0 radical (unpaired) electrons. The van der Waals surface area contributed by atoms with Gasteiger partial charge in [0.2, 0.25) is 0 Å². The van der Waals surface area contributed by atoms with Gasteiger partial charge in [-0.3, -0.25) is 0 Å². The summed E-state index contributed by atoms with van der Waals surface area (Å²) >= 11 is 6.13. The Morgan fingerprint density at radius 1 is 1.29 bits per heavy atom. The predicted molar refractivity (Wildman–Crippen MR) is 60.6 cm³/mol. The zero-order valence-electron chi connectivity index (χ0n) is 8.25. The minimum Gasteiger partial charge on any atom is -0.330 e. The molecule has 0 atom stereocenters. The molecule has 1 aliphatic carbocycles. The van der Waals surface area contributed by atoms with Gasteiger partial charge in [0.15, 0.2) is 0 Å². The van der Waals surface area contributed by atoms with Gasteiger partial charge in [0.05, 0.1) is 0 Å². The number of halogens is 1. The molecule has 0 heterocycles. The van der Waals surface area contributed by atoms with E-state index in [0.717, 1.165) is 17.5 Å². The second-order valence-corrected chi connectivity index (χ2v) is 4.54. The summed E-state index contributed by atoms with van der Waals surface area (Å²) in [6.07, 6.45) is 3.70. The Morgan fingerprint density at radius 3 is 2.64 bits per heavy atom. The lowest BCUT2D eigenvalue weighted by molar-refractivity contribution is 0.251. The third-order valence-electron chi connectivity index (χ3n) is 3.16. The molecule has 1 aromatic carbocycles. The third-order valence-corrected chi connectivity index (χ3v) is 3.50. The zero-order valence-corrected chi connectivity index (χ0v) is 9.00. The highest BCUT2D eigenvalue weighted by molar-refractivity contribution is 6.31. The largest absolute Gasteiger partial charge is 0.330 e. The lowest BCUT2D eigenvalue weighted by Gasteiger charge is -2.36. The Bertz CT molecular complexity index is 305. The van der Waals surface area contributed by atoms with Crippen LogP contribution >= 0.6 is 11.6 Å². The maximum Gasteiger partial charge on any atom is 0.0440 e. The molecular weight excluding hydrogens is 194 g/mol. The summed E-state index contributed by atoms with van der Waals surface area (Å²) in [4.78, 5) is 0. The van der Waals surface area contributed by atoms with Crippen molar-refractivity contribution in [1.29, 1.82) is 0 Å². The second-order valence-electron chi connectivity index (χ2n) is 4.13. The van der Waals surface area contributed by atoms with E-state index >= 15 is 0 Å². The first-order valence-corrected chi connectivity index (χ1v) is 5.63. The van der Waals surface area contributed by atoms with Crippen LogP contribution in [0.25, 0.3) is 0 Å². The van der Waals surface area contributed by atoms with Crippen LogP contribution in [-0.2, 0) is 0 Å². The summed E-state index contributed by atoms with van der Waals surface area (Å²) < 4.78 is 0. The Kier molecular flexibility index (Phi) is 3.09. The zero-order chi connectivity index (χ0) is 9.97. The van der Waals surface area contributed by atoms with E-state index in [4.69, 9.17) is 17.3 Å². The standard InChI is InChI=1S/C12H16ClN/c13-12-4-2-1-3-11(12)10-7-9(8-10)5-6-14/h1-4,9-10H,5-8,14H2. The van der Waals surface area contributed by atoms with Gasteiger partial charge in [-0.25, -0.2) is 0 Å². The normalized spacial score (nSPS) is 25.9. The summed E-state index contributed by atoms with van der Waals surface area (Å²) in [5, 5.41) is 0.920. The van der Waals surface area contributed by atoms with E-state index in [9.17, 15) is 0 Å². The second kappa shape index (κ2) is 4.33. The van der Waals surface area contributed by atoms with Crippen LogP contribution in [0.4, 0.5) is 0 Å². The number of rotatable bonds is 3. The molecule has 1 fully saturated rings. The summed E-state index contributed by atoms with van der Waals surface area (Å²) in [5.41, 5.74) is 6.85. The summed E-state index contributed by atoms with van der Waals surface area (Å²) in [7, 11) is 0. The molecule has 2 N–H and O–H groups in total. The first-order chi connectivity index (χ1) is 6.81. The van der Waals surface area contributed by atoms with E-state index in [1.807, 2.05) is 12.1 Å². The van der Waals surface area contributed by atoms with E-state index in [1.54, 1.807) is 0 Å². The fourth-order valence-corrected chi connectivity index (χ4v) is 2.56. The van der Waals surface area contributed by atoms with Crippen molar-refractivity contribution < 1.29 is 0 Å². The van der Waals surface area contributed by atoms with Crippen molar-refractivity contribution in [1.82, 2.24) is 0 Å². The van der Waals surface area contributed by atoms with E-state index in [2.05, 4.69) is 12.1 Å². The van der Waals surface area contributed by atoms with E-state index in [-0.39, 0.29) is 0 Å². The Hall–Kier alpha value is -0.530. The van der Waals surface area contributed by atoms with Crippen molar-refractivity contribution in [3.8, 4) is 0 Å². The van der Waals surface area contributed by atoms with Crippen LogP contribution in [-0.4, -0.2) is 6.54 Å². The van der Waals surface area contributed by atoms with Gasteiger partial charge in [-0.05, 0) is 49.3 Å². The lowest BCUT2D eigenvalue weighted by atomic mass is 9.70. The molecule has 1 aromatic rings. The fraction of sp³-hybridized carbons (Fsp3) is 0.500. The number of hydrogen-bond donors (Lipinski definition) is 1. The Balaban J connectivity index is 1.96. The minimum atomic E-state index is 0.681. The molecule has 1 saturated carbocycles. The fourth-order valence-electron chi connectivity index (χ4n) is 2.27. The van der Waals surface area contributed by atoms with Crippen molar-refractivity contribution in [2.75, 3.05) is 6.54 Å². The van der Waals surface area contributed by atoms with Crippen molar-refractivity contribution in [2.24, 2.45) is 11.7 Å². The molecular formula is C12H16ClN. The summed E-state index contributed by atoms with van der Waals surface area (Å²) in [5.74, 6) is 1.52. The highest BCUT2D eigenvalue weighted by atomic mass is 35.5. The SMILES string of the molecule is NCCC1CC(c2ccccc2Cl)C1. The maximum absolute atomic E-state index is 6.13. The van der Waals surface area contributed by atoms with Crippen molar-refractivity contribution in [3.63, 3.8) is 0 Å². The third kappa shape index (κ3) is 1.94.